The molecule has 2 N–H and O–H groups in total. The Morgan fingerprint density at radius 3 is 2.50 bits per heavy atom. The zero-order valence-corrected chi connectivity index (χ0v) is 11.8. The first kappa shape index (κ1) is 13.8. The van der Waals surface area contributed by atoms with Gasteiger partial charge in [0.1, 0.15) is 5.75 Å². The molecule has 18 heavy (non-hydrogen) atoms. The van der Waals surface area contributed by atoms with Crippen molar-refractivity contribution in [3.63, 3.8) is 0 Å². The lowest BCUT2D eigenvalue weighted by Gasteiger charge is -2.20. The predicted octanol–water partition coefficient (Wildman–Crippen LogP) is 3.59. The molecule has 100 valence electrons. The Morgan fingerprint density at radius 2 is 1.83 bits per heavy atom. The third-order valence-corrected chi connectivity index (χ3v) is 4.76. The van der Waals surface area contributed by atoms with Crippen LogP contribution in [0.25, 0.3) is 0 Å². The van der Waals surface area contributed by atoms with Gasteiger partial charge in [-0.25, -0.2) is 0 Å². The molecule has 3 heteroatoms. The normalized spacial score (nSPS) is 16.7. The molecule has 1 fully saturated rings. The van der Waals surface area contributed by atoms with Crippen LogP contribution in [0.2, 0.25) is 0 Å². The van der Waals surface area contributed by atoms with Crippen molar-refractivity contribution in [3.05, 3.63) is 29.8 Å². The maximum absolute atomic E-state index is 5.73. The standard InChI is InChI=1S/C15H23NOS/c16-12-13-6-8-14(9-7-13)17-10-11-18-15-4-2-1-3-5-15/h6-9,15H,1-5,10-12,16H2. The monoisotopic (exact) mass is 265 g/mol. The number of rotatable bonds is 6. The first-order valence-electron chi connectivity index (χ1n) is 6.92. The van der Waals surface area contributed by atoms with Gasteiger partial charge in [-0.15, -0.1) is 0 Å². The second kappa shape index (κ2) is 7.70. The van der Waals surface area contributed by atoms with Crippen molar-refractivity contribution in [3.8, 4) is 5.75 Å². The van der Waals surface area contributed by atoms with E-state index in [2.05, 4.69) is 11.8 Å². The van der Waals surface area contributed by atoms with E-state index in [1.807, 2.05) is 24.3 Å². The molecule has 1 aromatic rings. The lowest BCUT2D eigenvalue weighted by atomic mass is 10.0. The fourth-order valence-electron chi connectivity index (χ4n) is 2.33. The van der Waals surface area contributed by atoms with E-state index in [0.717, 1.165) is 28.9 Å². The van der Waals surface area contributed by atoms with Crippen molar-refractivity contribution >= 4 is 11.8 Å². The minimum Gasteiger partial charge on any atom is -0.493 e. The van der Waals surface area contributed by atoms with Gasteiger partial charge in [0.05, 0.1) is 6.61 Å². The van der Waals surface area contributed by atoms with Gasteiger partial charge in [0.15, 0.2) is 0 Å². The van der Waals surface area contributed by atoms with Crippen molar-refractivity contribution < 1.29 is 4.74 Å². The molecule has 0 atom stereocenters. The summed E-state index contributed by atoms with van der Waals surface area (Å²) in [6, 6.07) is 8.08. The minimum atomic E-state index is 0.595. The largest absolute Gasteiger partial charge is 0.493 e. The Labute approximate surface area is 114 Å². The Bertz CT molecular complexity index is 333. The molecule has 0 aliphatic heterocycles. The van der Waals surface area contributed by atoms with Crippen LogP contribution in [0.3, 0.4) is 0 Å². The van der Waals surface area contributed by atoms with Crippen molar-refractivity contribution in [2.75, 3.05) is 12.4 Å². The van der Waals surface area contributed by atoms with Crippen molar-refractivity contribution in [2.45, 2.75) is 43.9 Å². The Kier molecular flexibility index (Phi) is 5.88. The summed E-state index contributed by atoms with van der Waals surface area (Å²) in [6.07, 6.45) is 7.06. The van der Waals surface area contributed by atoms with Gasteiger partial charge in [-0.05, 0) is 30.5 Å². The molecule has 0 heterocycles. The third-order valence-electron chi connectivity index (χ3n) is 3.42. The molecule has 2 rings (SSSR count). The summed E-state index contributed by atoms with van der Waals surface area (Å²) in [5.74, 6) is 2.06. The Hall–Kier alpha value is -0.670. The van der Waals surface area contributed by atoms with E-state index >= 15 is 0 Å². The van der Waals surface area contributed by atoms with Crippen molar-refractivity contribution in [1.29, 1.82) is 0 Å². The summed E-state index contributed by atoms with van der Waals surface area (Å²) >= 11 is 2.08. The Balaban J connectivity index is 1.62. The van der Waals surface area contributed by atoms with Crippen LogP contribution in [0.15, 0.2) is 24.3 Å². The maximum Gasteiger partial charge on any atom is 0.119 e. The lowest BCUT2D eigenvalue weighted by molar-refractivity contribution is 0.343. The zero-order valence-electron chi connectivity index (χ0n) is 10.9. The number of thioether (sulfide) groups is 1. The highest BCUT2D eigenvalue weighted by Gasteiger charge is 2.13. The van der Waals surface area contributed by atoms with E-state index in [-0.39, 0.29) is 0 Å². The van der Waals surface area contributed by atoms with Crippen LogP contribution in [-0.2, 0) is 6.54 Å². The topological polar surface area (TPSA) is 35.2 Å². The van der Waals surface area contributed by atoms with Crippen LogP contribution in [0.1, 0.15) is 37.7 Å². The van der Waals surface area contributed by atoms with E-state index in [9.17, 15) is 0 Å². The molecule has 2 nitrogen and oxygen atoms in total. The van der Waals surface area contributed by atoms with Gasteiger partial charge in [0, 0.05) is 17.5 Å². The molecule has 1 aromatic carbocycles. The second-order valence-corrected chi connectivity index (χ2v) is 6.24. The van der Waals surface area contributed by atoms with E-state index < -0.39 is 0 Å². The Morgan fingerprint density at radius 1 is 1.11 bits per heavy atom. The van der Waals surface area contributed by atoms with Crippen LogP contribution in [0.4, 0.5) is 0 Å². The number of benzene rings is 1. The summed E-state index contributed by atoms with van der Waals surface area (Å²) in [5, 5.41) is 0.877. The van der Waals surface area contributed by atoms with Gasteiger partial charge in [0.25, 0.3) is 0 Å². The molecule has 0 radical (unpaired) electrons. The molecule has 1 aliphatic rings. The van der Waals surface area contributed by atoms with Crippen LogP contribution < -0.4 is 10.5 Å². The molecule has 0 unspecified atom stereocenters. The molecule has 1 saturated carbocycles. The quantitative estimate of drug-likeness (QED) is 0.798. The first-order chi connectivity index (χ1) is 8.88. The number of hydrogen-bond donors (Lipinski definition) is 1. The number of nitrogens with two attached hydrogens (primary N) is 1. The van der Waals surface area contributed by atoms with Gasteiger partial charge in [-0.3, -0.25) is 0 Å². The summed E-state index contributed by atoms with van der Waals surface area (Å²) in [5.41, 5.74) is 6.71. The molecule has 0 saturated heterocycles. The molecular weight excluding hydrogens is 242 g/mol. The number of ether oxygens (including phenoxy) is 1. The predicted molar refractivity (Wildman–Crippen MR) is 79.2 cm³/mol. The van der Waals surface area contributed by atoms with Crippen molar-refractivity contribution in [1.82, 2.24) is 0 Å². The maximum atomic E-state index is 5.73. The van der Waals surface area contributed by atoms with Gasteiger partial charge in [-0.2, -0.15) is 11.8 Å². The zero-order chi connectivity index (χ0) is 12.6. The minimum absolute atomic E-state index is 0.595. The average molecular weight is 265 g/mol. The fraction of sp³-hybridized carbons (Fsp3) is 0.600. The van der Waals surface area contributed by atoms with Gasteiger partial charge in [0.2, 0.25) is 0 Å². The second-order valence-electron chi connectivity index (χ2n) is 4.83. The summed E-state index contributed by atoms with van der Waals surface area (Å²) in [4.78, 5) is 0. The molecule has 0 spiro atoms. The molecule has 1 aliphatic carbocycles. The van der Waals surface area contributed by atoms with E-state index in [1.54, 1.807) is 0 Å². The van der Waals surface area contributed by atoms with Crippen LogP contribution in [0, 0.1) is 0 Å². The highest BCUT2D eigenvalue weighted by atomic mass is 32.2. The molecule has 0 aromatic heterocycles. The average Bonchev–Trinajstić information content (AvgIpc) is 2.45. The van der Waals surface area contributed by atoms with Crippen LogP contribution in [-0.4, -0.2) is 17.6 Å². The molecule has 0 amide bonds. The van der Waals surface area contributed by atoms with E-state index in [1.165, 1.54) is 32.1 Å². The fourth-order valence-corrected chi connectivity index (χ4v) is 3.51. The van der Waals surface area contributed by atoms with Crippen LogP contribution in [0.5, 0.6) is 5.75 Å². The lowest BCUT2D eigenvalue weighted by Crippen LogP contribution is -2.11. The van der Waals surface area contributed by atoms with Gasteiger partial charge >= 0.3 is 0 Å². The number of hydrogen-bond acceptors (Lipinski definition) is 3. The van der Waals surface area contributed by atoms with Crippen LogP contribution >= 0.6 is 11.8 Å². The first-order valence-corrected chi connectivity index (χ1v) is 7.97. The van der Waals surface area contributed by atoms with Gasteiger partial charge in [-0.1, -0.05) is 31.4 Å². The van der Waals surface area contributed by atoms with E-state index in [4.69, 9.17) is 10.5 Å². The highest BCUT2D eigenvalue weighted by Crippen LogP contribution is 2.28. The third kappa shape index (κ3) is 4.54. The van der Waals surface area contributed by atoms with Gasteiger partial charge < -0.3 is 10.5 Å². The van der Waals surface area contributed by atoms with Crippen molar-refractivity contribution in [2.24, 2.45) is 5.73 Å². The SMILES string of the molecule is NCc1ccc(OCCSC2CCCCC2)cc1. The molecular formula is C15H23NOS. The molecule has 0 bridgehead atoms. The smallest absolute Gasteiger partial charge is 0.119 e. The summed E-state index contributed by atoms with van der Waals surface area (Å²) < 4.78 is 5.73. The summed E-state index contributed by atoms with van der Waals surface area (Å²) in [6.45, 7) is 1.40. The van der Waals surface area contributed by atoms with E-state index in [0.29, 0.717) is 6.54 Å². The summed E-state index contributed by atoms with van der Waals surface area (Å²) in [7, 11) is 0. The highest BCUT2D eigenvalue weighted by molar-refractivity contribution is 7.99.